The van der Waals surface area contributed by atoms with E-state index in [-0.39, 0.29) is 10.8 Å². The number of aryl methyl sites for hydroxylation is 1. The largest absolute Gasteiger partial charge is 0.495 e. The Morgan fingerprint density at radius 1 is 1.12 bits per heavy atom. The Kier molecular flexibility index (Phi) is 5.13. The van der Waals surface area contributed by atoms with Crippen molar-refractivity contribution in [1.29, 1.82) is 0 Å². The Hall–Kier alpha value is -2.27. The summed E-state index contributed by atoms with van der Waals surface area (Å²) in [6, 6.07) is 12.5. The number of para-hydroxylation sites is 1. The van der Waals surface area contributed by atoms with Gasteiger partial charge in [-0.1, -0.05) is 42.0 Å². The number of hydrogen-bond donors (Lipinski definition) is 1. The number of ether oxygens (including phenoxy) is 1. The highest BCUT2D eigenvalue weighted by Crippen LogP contribution is 2.38. The van der Waals surface area contributed by atoms with Gasteiger partial charge in [-0.2, -0.15) is 0 Å². The SMILES string of the molecule is COc1cccc(C2C=CCCC2)c1NS(=O)(=O)c1ccc(C)cc1. The molecule has 5 heteroatoms. The Balaban J connectivity index is 2.02. The van der Waals surface area contributed by atoms with Crippen LogP contribution in [0.1, 0.15) is 36.3 Å². The first-order valence-corrected chi connectivity index (χ1v) is 9.92. The quantitative estimate of drug-likeness (QED) is 0.794. The molecule has 0 bridgehead atoms. The molecule has 25 heavy (non-hydrogen) atoms. The van der Waals surface area contributed by atoms with Gasteiger partial charge in [0.2, 0.25) is 0 Å². The average molecular weight is 357 g/mol. The molecular weight excluding hydrogens is 334 g/mol. The molecule has 1 atom stereocenters. The van der Waals surface area contributed by atoms with Gasteiger partial charge in [0.15, 0.2) is 0 Å². The van der Waals surface area contributed by atoms with Crippen molar-refractivity contribution >= 4 is 15.7 Å². The lowest BCUT2D eigenvalue weighted by Crippen LogP contribution is -2.16. The van der Waals surface area contributed by atoms with Crippen LogP contribution in [0.5, 0.6) is 5.75 Å². The minimum atomic E-state index is -3.68. The second-order valence-corrected chi connectivity index (χ2v) is 7.99. The normalized spacial score (nSPS) is 17.3. The van der Waals surface area contributed by atoms with Crippen LogP contribution in [0.3, 0.4) is 0 Å². The van der Waals surface area contributed by atoms with Gasteiger partial charge in [0, 0.05) is 5.92 Å². The predicted molar refractivity (Wildman–Crippen MR) is 101 cm³/mol. The van der Waals surface area contributed by atoms with E-state index in [9.17, 15) is 8.42 Å². The lowest BCUT2D eigenvalue weighted by atomic mass is 9.88. The topological polar surface area (TPSA) is 55.4 Å². The number of nitrogens with one attached hydrogen (secondary N) is 1. The molecule has 1 aliphatic rings. The van der Waals surface area contributed by atoms with Crippen molar-refractivity contribution in [2.45, 2.75) is 37.0 Å². The molecule has 1 unspecified atom stereocenters. The van der Waals surface area contributed by atoms with Crippen LogP contribution in [0.2, 0.25) is 0 Å². The summed E-state index contributed by atoms with van der Waals surface area (Å²) in [5.41, 5.74) is 2.50. The molecule has 0 spiro atoms. The van der Waals surface area contributed by atoms with E-state index < -0.39 is 10.0 Å². The summed E-state index contributed by atoms with van der Waals surface area (Å²) in [6.07, 6.45) is 7.49. The molecule has 0 aromatic heterocycles. The summed E-state index contributed by atoms with van der Waals surface area (Å²) in [6.45, 7) is 1.93. The molecule has 0 radical (unpaired) electrons. The third-order valence-electron chi connectivity index (χ3n) is 4.50. The number of rotatable bonds is 5. The van der Waals surface area contributed by atoms with E-state index in [0.29, 0.717) is 11.4 Å². The first kappa shape index (κ1) is 17.5. The zero-order valence-electron chi connectivity index (χ0n) is 14.5. The molecule has 0 amide bonds. The van der Waals surface area contributed by atoms with Crippen molar-refractivity contribution in [3.63, 3.8) is 0 Å². The van der Waals surface area contributed by atoms with Gasteiger partial charge >= 0.3 is 0 Å². The maximum Gasteiger partial charge on any atom is 0.262 e. The highest BCUT2D eigenvalue weighted by Gasteiger charge is 2.22. The minimum Gasteiger partial charge on any atom is -0.495 e. The van der Waals surface area contributed by atoms with Crippen LogP contribution in [0.25, 0.3) is 0 Å². The highest BCUT2D eigenvalue weighted by atomic mass is 32.2. The van der Waals surface area contributed by atoms with E-state index in [1.807, 2.05) is 19.1 Å². The summed E-state index contributed by atoms with van der Waals surface area (Å²) in [7, 11) is -2.12. The molecule has 0 saturated heterocycles. The van der Waals surface area contributed by atoms with Crippen LogP contribution >= 0.6 is 0 Å². The van der Waals surface area contributed by atoms with Gasteiger partial charge in [-0.05, 0) is 49.9 Å². The zero-order valence-corrected chi connectivity index (χ0v) is 15.3. The molecule has 0 saturated carbocycles. The van der Waals surface area contributed by atoms with Crippen molar-refractivity contribution in [3.8, 4) is 5.75 Å². The molecule has 1 N–H and O–H groups in total. The predicted octanol–water partition coefficient (Wildman–Crippen LogP) is 4.63. The summed E-state index contributed by atoms with van der Waals surface area (Å²) >= 11 is 0. The summed E-state index contributed by atoms with van der Waals surface area (Å²) in [5.74, 6) is 0.728. The molecule has 3 rings (SSSR count). The lowest BCUT2D eigenvalue weighted by Gasteiger charge is -2.22. The molecule has 132 valence electrons. The van der Waals surface area contributed by atoms with Crippen molar-refractivity contribution < 1.29 is 13.2 Å². The van der Waals surface area contributed by atoms with E-state index in [1.54, 1.807) is 37.4 Å². The molecule has 0 fully saturated rings. The summed E-state index contributed by atoms with van der Waals surface area (Å²) in [4.78, 5) is 0.245. The Labute approximate surface area is 149 Å². The molecule has 4 nitrogen and oxygen atoms in total. The van der Waals surface area contributed by atoms with Crippen molar-refractivity contribution in [2.75, 3.05) is 11.8 Å². The van der Waals surface area contributed by atoms with Gasteiger partial charge in [0.25, 0.3) is 10.0 Å². The van der Waals surface area contributed by atoms with E-state index in [0.717, 1.165) is 30.4 Å². The number of sulfonamides is 1. The second-order valence-electron chi connectivity index (χ2n) is 6.31. The zero-order chi connectivity index (χ0) is 17.9. The fraction of sp³-hybridized carbons (Fsp3) is 0.300. The summed E-state index contributed by atoms with van der Waals surface area (Å²) in [5, 5.41) is 0. The minimum absolute atomic E-state index is 0.194. The first-order valence-electron chi connectivity index (χ1n) is 8.44. The number of methoxy groups -OCH3 is 1. The fourth-order valence-corrected chi connectivity index (χ4v) is 4.22. The van der Waals surface area contributed by atoms with Gasteiger partial charge in [-0.3, -0.25) is 4.72 Å². The van der Waals surface area contributed by atoms with Gasteiger partial charge in [-0.25, -0.2) is 8.42 Å². The number of anilines is 1. The Morgan fingerprint density at radius 2 is 1.88 bits per heavy atom. The third kappa shape index (κ3) is 3.87. The van der Waals surface area contributed by atoms with Crippen LogP contribution < -0.4 is 9.46 Å². The molecule has 0 heterocycles. The van der Waals surface area contributed by atoms with Crippen LogP contribution in [0.15, 0.2) is 59.5 Å². The maximum atomic E-state index is 12.8. The van der Waals surface area contributed by atoms with Crippen LogP contribution in [0, 0.1) is 6.92 Å². The lowest BCUT2D eigenvalue weighted by molar-refractivity contribution is 0.416. The standard InChI is InChI=1S/C20H23NO3S/c1-15-11-13-17(14-12-15)25(22,23)21-20-18(9-6-10-19(20)24-2)16-7-4-3-5-8-16/h4,6-7,9-14,16,21H,3,5,8H2,1-2H3. The molecule has 0 aliphatic heterocycles. The van der Waals surface area contributed by atoms with E-state index in [1.165, 1.54) is 0 Å². The van der Waals surface area contributed by atoms with Crippen LogP contribution in [-0.2, 0) is 10.0 Å². The van der Waals surface area contributed by atoms with Crippen LogP contribution in [-0.4, -0.2) is 15.5 Å². The van der Waals surface area contributed by atoms with E-state index in [2.05, 4.69) is 16.9 Å². The van der Waals surface area contributed by atoms with E-state index >= 15 is 0 Å². The molecule has 2 aromatic carbocycles. The van der Waals surface area contributed by atoms with Gasteiger partial charge < -0.3 is 4.74 Å². The molecular formula is C20H23NO3S. The van der Waals surface area contributed by atoms with Crippen molar-refractivity contribution in [1.82, 2.24) is 0 Å². The number of hydrogen-bond acceptors (Lipinski definition) is 3. The molecule has 1 aliphatic carbocycles. The average Bonchev–Trinajstić information content (AvgIpc) is 2.62. The van der Waals surface area contributed by atoms with E-state index in [4.69, 9.17) is 4.74 Å². The Morgan fingerprint density at radius 3 is 2.52 bits per heavy atom. The number of allylic oxidation sites excluding steroid dienone is 2. The summed E-state index contributed by atoms with van der Waals surface area (Å²) < 4.78 is 33.8. The van der Waals surface area contributed by atoms with Gasteiger partial charge in [0.1, 0.15) is 5.75 Å². The maximum absolute atomic E-state index is 12.8. The highest BCUT2D eigenvalue weighted by molar-refractivity contribution is 7.92. The van der Waals surface area contributed by atoms with Gasteiger partial charge in [-0.15, -0.1) is 0 Å². The van der Waals surface area contributed by atoms with Crippen molar-refractivity contribution in [3.05, 3.63) is 65.7 Å². The number of benzene rings is 2. The monoisotopic (exact) mass is 357 g/mol. The first-order chi connectivity index (χ1) is 12.0. The second kappa shape index (κ2) is 7.31. The van der Waals surface area contributed by atoms with Crippen molar-refractivity contribution in [2.24, 2.45) is 0 Å². The smallest absolute Gasteiger partial charge is 0.262 e. The van der Waals surface area contributed by atoms with Gasteiger partial charge in [0.05, 0.1) is 17.7 Å². The van der Waals surface area contributed by atoms with Crippen LogP contribution in [0.4, 0.5) is 5.69 Å². The molecule has 2 aromatic rings. The third-order valence-corrected chi connectivity index (χ3v) is 5.87. The fourth-order valence-electron chi connectivity index (χ4n) is 3.12. The Bertz CT molecular complexity index is 870.